The Labute approximate surface area is 543 Å². The number of hydrogen-bond acceptors (Lipinski definition) is 38. The summed E-state index contributed by atoms with van der Waals surface area (Å²) in [7, 11) is 0. The van der Waals surface area contributed by atoms with Crippen molar-refractivity contribution in [3.8, 4) is 0 Å². The third kappa shape index (κ3) is 17.5. The lowest BCUT2D eigenvalue weighted by molar-refractivity contribution is -0.401. The second kappa shape index (κ2) is 34.1. The number of aliphatic hydroxyl groups is 20. The maximum Gasteiger partial charge on any atom is 0.364 e. The van der Waals surface area contributed by atoms with Crippen molar-refractivity contribution in [2.75, 3.05) is 46.2 Å². The van der Waals surface area contributed by atoms with Gasteiger partial charge in [0.25, 0.3) is 5.79 Å². The minimum atomic E-state index is -3.47. The topological polar surface area (TPSA) is 678 Å². The van der Waals surface area contributed by atoms with Gasteiger partial charge < -0.3 is 190 Å². The molecule has 7 aliphatic rings. The number of carboxylic acids is 1. The molecule has 0 aromatic carbocycles. The van der Waals surface area contributed by atoms with Gasteiger partial charge in [0.2, 0.25) is 23.6 Å². The number of aliphatic carboxylic acids is 1. The molecule has 0 aliphatic carbocycles. The van der Waals surface area contributed by atoms with Gasteiger partial charge >= 0.3 is 5.97 Å². The Morgan fingerprint density at radius 2 is 0.938 bits per heavy atom. The number of carboxylic acid groups (broad SMARTS) is 1. The summed E-state index contributed by atoms with van der Waals surface area (Å²) >= 11 is 0. The maximum atomic E-state index is 13.6. The molecule has 43 heteroatoms. The molecule has 0 saturated carbocycles. The Morgan fingerprint density at radius 3 is 1.48 bits per heavy atom. The third-order valence-corrected chi connectivity index (χ3v) is 17.2. The third-order valence-electron chi connectivity index (χ3n) is 17.2. The van der Waals surface area contributed by atoms with Gasteiger partial charge in [0.05, 0.1) is 57.9 Å². The van der Waals surface area contributed by atoms with E-state index < -0.39 is 303 Å². The zero-order valence-corrected chi connectivity index (χ0v) is 51.6. The highest BCUT2D eigenvalue weighted by Crippen LogP contribution is 2.41. The van der Waals surface area contributed by atoms with Crippen LogP contribution in [0, 0.1) is 0 Å². The van der Waals surface area contributed by atoms with Gasteiger partial charge in [-0.05, 0) is 6.92 Å². The van der Waals surface area contributed by atoms with E-state index >= 15 is 0 Å². The molecule has 43 nitrogen and oxygen atoms in total. The number of aliphatic hydroxyl groups excluding tert-OH is 20. The average molecular weight is 1410 g/mol. The van der Waals surface area contributed by atoms with Gasteiger partial charge in [-0.3, -0.25) is 19.2 Å². The number of nitrogens with one attached hydrogen (secondary N) is 4. The van der Waals surface area contributed by atoms with Crippen LogP contribution in [0.2, 0.25) is 0 Å². The summed E-state index contributed by atoms with van der Waals surface area (Å²) in [5.41, 5.74) is 0. The van der Waals surface area contributed by atoms with Crippen LogP contribution in [0.15, 0.2) is 0 Å². The fourth-order valence-electron chi connectivity index (χ4n) is 12.1. The van der Waals surface area contributed by atoms with E-state index in [-0.39, 0.29) is 0 Å². The van der Waals surface area contributed by atoms with Gasteiger partial charge in [-0.1, -0.05) is 0 Å². The van der Waals surface area contributed by atoms with Crippen LogP contribution >= 0.6 is 0 Å². The number of carbonyl (C=O) groups excluding carboxylic acids is 4. The fraction of sp³-hybridized carbons (Fsp3) is 0.906. The van der Waals surface area contributed by atoms with Crippen LogP contribution in [0.3, 0.4) is 0 Å². The van der Waals surface area contributed by atoms with Crippen molar-refractivity contribution in [1.29, 1.82) is 0 Å². The normalized spacial score (nSPS) is 46.0. The highest BCUT2D eigenvalue weighted by molar-refractivity contribution is 5.78. The molecule has 7 rings (SSSR count). The smallest absolute Gasteiger partial charge is 0.364 e. The molecule has 36 atom stereocenters. The van der Waals surface area contributed by atoms with Gasteiger partial charge in [0.1, 0.15) is 165 Å². The summed E-state index contributed by atoms with van der Waals surface area (Å²) in [5.74, 6) is -9.68. The number of ether oxygens (including phenoxy) is 13. The lowest BCUT2D eigenvalue weighted by Crippen LogP contribution is -2.72. The van der Waals surface area contributed by atoms with Crippen LogP contribution in [-0.4, -0.2) is 403 Å². The number of hydrogen-bond donors (Lipinski definition) is 25. The zero-order valence-electron chi connectivity index (χ0n) is 51.6. The highest BCUT2D eigenvalue weighted by Gasteiger charge is 2.63. The van der Waals surface area contributed by atoms with E-state index in [1.165, 1.54) is 6.92 Å². The summed E-state index contributed by atoms with van der Waals surface area (Å²) in [5, 5.41) is 238. The van der Waals surface area contributed by atoms with Gasteiger partial charge in [0, 0.05) is 27.2 Å². The van der Waals surface area contributed by atoms with Crippen molar-refractivity contribution in [3.63, 3.8) is 0 Å². The van der Waals surface area contributed by atoms with Crippen molar-refractivity contribution in [3.05, 3.63) is 0 Å². The molecule has 7 heterocycles. The van der Waals surface area contributed by atoms with E-state index in [4.69, 9.17) is 61.6 Å². The minimum absolute atomic E-state index is 0.831. The summed E-state index contributed by atoms with van der Waals surface area (Å²) in [6.07, 6.45) is -65.9. The Morgan fingerprint density at radius 1 is 0.469 bits per heavy atom. The Balaban J connectivity index is 1.25. The second-order valence-corrected chi connectivity index (χ2v) is 24.0. The monoisotopic (exact) mass is 1400 g/mol. The molecule has 25 N–H and O–H groups in total. The van der Waals surface area contributed by atoms with E-state index in [1.807, 2.05) is 0 Å². The van der Waals surface area contributed by atoms with E-state index in [1.54, 1.807) is 0 Å². The van der Waals surface area contributed by atoms with Crippen LogP contribution in [0.4, 0.5) is 0 Å². The molecule has 0 unspecified atom stereocenters. The van der Waals surface area contributed by atoms with Gasteiger partial charge in [-0.2, -0.15) is 0 Å². The highest BCUT2D eigenvalue weighted by atomic mass is 16.8. The molecule has 0 aromatic rings. The molecule has 7 saturated heterocycles. The first-order chi connectivity index (χ1) is 45.2. The Kier molecular flexibility index (Phi) is 28.2. The zero-order chi connectivity index (χ0) is 71.3. The first-order valence-corrected chi connectivity index (χ1v) is 30.3. The molecule has 4 amide bonds. The minimum Gasteiger partial charge on any atom is -0.477 e. The SMILES string of the molecule is CC(=O)N[C@@H]1[C@@H](O[C@@H]2O[C@H](CO)[C@H](O[C@@H]3O[C@H](CO)[C@H](O)[C@H](O)[C@H]3O)[C@H](O[C@]3(C(=O)O)C[C@H](O)[C@@H](NC(=O)CO)[C@H]([C@H](O)[C@H](O)CO)O3)[C@H]2O)[C@@H](O)[C@@H](CO[C@@H]2O[C@H](CO)[C@@H](O[C@@H]3O[C@@H](C)[C@@H](O)[C@@H](O)[C@@H]3O)[C@H](O[C@@H]3O[C@H](CO)[C@@H](O)[C@H](O)[C@H]3NC(C)=O)[C@H]2NC(C)=O)O[C@@H]1O. The molecular formula is C53H88N4O39. The number of amides is 4. The number of rotatable bonds is 26. The number of carbonyl (C=O) groups is 5. The van der Waals surface area contributed by atoms with Gasteiger partial charge in [-0.15, -0.1) is 0 Å². The van der Waals surface area contributed by atoms with Crippen molar-refractivity contribution in [1.82, 2.24) is 21.3 Å². The predicted molar refractivity (Wildman–Crippen MR) is 295 cm³/mol. The van der Waals surface area contributed by atoms with Crippen LogP contribution < -0.4 is 21.3 Å². The fourth-order valence-corrected chi connectivity index (χ4v) is 12.1. The molecule has 0 aromatic heterocycles. The molecule has 0 spiro atoms. The van der Waals surface area contributed by atoms with E-state index in [0.29, 0.717) is 0 Å². The van der Waals surface area contributed by atoms with Crippen LogP contribution in [-0.2, 0) is 85.6 Å². The standard InChI is InChI=1S/C53H88N4O39/c1-13-29(70)35(76)37(78)49(85-13)91-40-21(9-61)89-47(28(56-16(4)66)44(40)94-48-26(54-14(2)64)34(75)31(72)19(7-59)87-48)84-12-23-33(74)42(27(46(81)86-23)55-15(3)65)93-51-39(80)45(41(22(10-62)90-51)92-50-38(79)36(77)32(73)20(8-60)88-50)96-53(52(82)83)5-17(67)25(57-24(69)11-63)43(95-53)30(71)18(68)6-58/h13,17-23,25-51,58-63,67-68,70-81H,5-12H2,1-4H3,(H,54,64)(H,55,65)(H,56,66)(H,57,69)(H,82,83)/t13-,17-,18+,19+,20+,21+,22+,23+,25+,26+,27+,28+,29+,30+,31+,32-,33-,34+,35+,36-,37-,38+,39+,40+,41-,42+,43+,44+,45+,46-,47+,48-,49-,50-,51-,53-/m0/s1. The maximum absolute atomic E-state index is 13.6. The molecular weight excluding hydrogens is 1320 g/mol. The quantitative estimate of drug-likeness (QED) is 0.0382. The first kappa shape index (κ1) is 79.4. The lowest BCUT2D eigenvalue weighted by atomic mass is 9.88. The van der Waals surface area contributed by atoms with Crippen molar-refractivity contribution < 1.29 is 193 Å². The van der Waals surface area contributed by atoms with Crippen LogP contribution in [0.5, 0.6) is 0 Å². The Bertz CT molecular complexity index is 2540. The second-order valence-electron chi connectivity index (χ2n) is 24.0. The summed E-state index contributed by atoms with van der Waals surface area (Å²) in [4.78, 5) is 64.6. The largest absolute Gasteiger partial charge is 0.477 e. The van der Waals surface area contributed by atoms with Crippen molar-refractivity contribution in [2.45, 2.75) is 254 Å². The van der Waals surface area contributed by atoms with Crippen molar-refractivity contribution >= 4 is 29.6 Å². The first-order valence-electron chi connectivity index (χ1n) is 30.3. The van der Waals surface area contributed by atoms with Gasteiger partial charge in [-0.25, -0.2) is 4.79 Å². The molecule has 7 fully saturated rings. The molecule has 7 aliphatic heterocycles. The average Bonchev–Trinajstić information content (AvgIpc) is 0.756. The van der Waals surface area contributed by atoms with Crippen LogP contribution in [0.1, 0.15) is 34.1 Å². The van der Waals surface area contributed by atoms with Crippen LogP contribution in [0.25, 0.3) is 0 Å². The van der Waals surface area contributed by atoms with E-state index in [2.05, 4.69) is 21.3 Å². The molecule has 96 heavy (non-hydrogen) atoms. The molecule has 554 valence electrons. The van der Waals surface area contributed by atoms with E-state index in [0.717, 1.165) is 20.8 Å². The Hall–Kier alpha value is -3.97. The van der Waals surface area contributed by atoms with Crippen molar-refractivity contribution in [2.24, 2.45) is 0 Å². The summed E-state index contributed by atoms with van der Waals surface area (Å²) < 4.78 is 77.1. The van der Waals surface area contributed by atoms with Gasteiger partial charge in [0.15, 0.2) is 37.7 Å². The molecule has 0 radical (unpaired) electrons. The summed E-state index contributed by atoms with van der Waals surface area (Å²) in [6.45, 7) is -3.86. The predicted octanol–water partition coefficient (Wildman–Crippen LogP) is -16.5. The molecule has 0 bridgehead atoms. The lowest BCUT2D eigenvalue weighted by Gasteiger charge is -2.52. The summed E-state index contributed by atoms with van der Waals surface area (Å²) in [6, 6.07) is -7.48. The van der Waals surface area contributed by atoms with E-state index in [9.17, 15) is 131 Å².